The van der Waals surface area contributed by atoms with Gasteiger partial charge in [0.05, 0.1) is 11.8 Å². The Morgan fingerprint density at radius 3 is 1.45 bits per heavy atom. The van der Waals surface area contributed by atoms with Crippen molar-refractivity contribution < 1.29 is 9.59 Å². The average molecular weight is 661 g/mol. The molecule has 8 heteroatoms. The third-order valence-electron chi connectivity index (χ3n) is 7.99. The molecule has 0 spiro atoms. The average Bonchev–Trinajstić information content (AvgIpc) is 2.90. The molecular formula is C30H52Br2N4O2. The minimum absolute atomic E-state index is 0. The first-order valence-corrected chi connectivity index (χ1v) is 14.4. The van der Waals surface area contributed by atoms with Gasteiger partial charge < -0.3 is 9.80 Å². The lowest BCUT2D eigenvalue weighted by Crippen LogP contribution is -2.43. The van der Waals surface area contributed by atoms with E-state index in [9.17, 15) is 9.59 Å². The zero-order chi connectivity index (χ0) is 25.9. The fraction of sp³-hybridized carbons (Fsp3) is 0.733. The van der Waals surface area contributed by atoms with Gasteiger partial charge in [0.25, 0.3) is 0 Å². The van der Waals surface area contributed by atoms with Gasteiger partial charge >= 0.3 is 0 Å². The van der Waals surface area contributed by atoms with Crippen LogP contribution in [-0.2, 0) is 22.7 Å². The Hall–Kier alpha value is -0.960. The van der Waals surface area contributed by atoms with Crippen LogP contribution < -0.4 is 0 Å². The summed E-state index contributed by atoms with van der Waals surface area (Å²) in [5.74, 6) is 0.906. The lowest BCUT2D eigenvalue weighted by atomic mass is 9.95. The second-order valence-electron chi connectivity index (χ2n) is 11.2. The number of nitrogens with zero attached hydrogens (tertiary/aromatic N) is 4. The highest BCUT2D eigenvalue weighted by Crippen LogP contribution is 2.23. The van der Waals surface area contributed by atoms with Crippen LogP contribution >= 0.6 is 34.0 Å². The summed E-state index contributed by atoms with van der Waals surface area (Å²) >= 11 is 0. The van der Waals surface area contributed by atoms with Crippen molar-refractivity contribution in [1.82, 2.24) is 19.6 Å². The maximum Gasteiger partial charge on any atom is 0.226 e. The van der Waals surface area contributed by atoms with Crippen molar-refractivity contribution in [2.24, 2.45) is 11.8 Å². The number of carbonyl (C=O) groups excluding carboxylic acids is 2. The number of carbonyl (C=O) groups is 2. The van der Waals surface area contributed by atoms with Crippen molar-refractivity contribution in [1.29, 1.82) is 0 Å². The molecule has 2 aliphatic heterocycles. The van der Waals surface area contributed by atoms with Crippen LogP contribution in [0.4, 0.5) is 0 Å². The van der Waals surface area contributed by atoms with Gasteiger partial charge in [-0.15, -0.1) is 34.0 Å². The molecule has 0 aromatic heterocycles. The Morgan fingerprint density at radius 1 is 0.737 bits per heavy atom. The van der Waals surface area contributed by atoms with Crippen molar-refractivity contribution in [3.63, 3.8) is 0 Å². The highest BCUT2D eigenvalue weighted by Gasteiger charge is 2.29. The van der Waals surface area contributed by atoms with E-state index in [1.165, 1.54) is 11.1 Å². The number of likely N-dealkylation sites (tertiary alicyclic amines) is 2. The summed E-state index contributed by atoms with van der Waals surface area (Å²) in [7, 11) is 3.92. The molecule has 2 aliphatic rings. The van der Waals surface area contributed by atoms with Crippen LogP contribution in [0.2, 0.25) is 0 Å². The van der Waals surface area contributed by atoms with Gasteiger partial charge in [-0.25, -0.2) is 0 Å². The van der Waals surface area contributed by atoms with Gasteiger partial charge in [-0.2, -0.15) is 0 Å². The second kappa shape index (κ2) is 18.4. The predicted molar refractivity (Wildman–Crippen MR) is 168 cm³/mol. The fourth-order valence-electron chi connectivity index (χ4n) is 5.70. The molecule has 2 saturated heterocycles. The van der Waals surface area contributed by atoms with Crippen LogP contribution in [0.15, 0.2) is 24.3 Å². The van der Waals surface area contributed by atoms with E-state index >= 15 is 0 Å². The van der Waals surface area contributed by atoms with Gasteiger partial charge in [0, 0.05) is 53.4 Å². The Balaban J connectivity index is 0.00000361. The molecule has 2 fully saturated rings. The minimum Gasteiger partial charge on any atom is -0.345 e. The molecule has 2 amide bonds. The van der Waals surface area contributed by atoms with E-state index in [1.54, 1.807) is 0 Å². The molecular weight excluding hydrogens is 608 g/mol. The maximum absolute atomic E-state index is 12.9. The van der Waals surface area contributed by atoms with E-state index in [0.717, 1.165) is 104 Å². The minimum atomic E-state index is 0. The lowest BCUT2D eigenvalue weighted by Gasteiger charge is -2.34. The molecule has 6 nitrogen and oxygen atoms in total. The molecule has 0 radical (unpaired) electrons. The molecule has 1 aromatic carbocycles. The van der Waals surface area contributed by atoms with Crippen molar-refractivity contribution in [2.45, 2.75) is 78.3 Å². The fourth-order valence-corrected chi connectivity index (χ4v) is 5.70. The van der Waals surface area contributed by atoms with E-state index in [-0.39, 0.29) is 45.8 Å². The van der Waals surface area contributed by atoms with E-state index in [0.29, 0.717) is 11.8 Å². The number of benzene rings is 1. The van der Waals surface area contributed by atoms with E-state index in [2.05, 4.69) is 47.9 Å². The van der Waals surface area contributed by atoms with Gasteiger partial charge in [-0.3, -0.25) is 19.4 Å². The molecule has 3 rings (SSSR count). The molecule has 0 bridgehead atoms. The number of amides is 2. The zero-order valence-electron chi connectivity index (χ0n) is 24.2. The lowest BCUT2D eigenvalue weighted by molar-refractivity contribution is -0.136. The largest absolute Gasteiger partial charge is 0.345 e. The van der Waals surface area contributed by atoms with Crippen LogP contribution in [0.3, 0.4) is 0 Å². The summed E-state index contributed by atoms with van der Waals surface area (Å²) < 4.78 is 0. The summed E-state index contributed by atoms with van der Waals surface area (Å²) in [5, 5.41) is 0. The van der Waals surface area contributed by atoms with Gasteiger partial charge in [0.2, 0.25) is 11.8 Å². The molecule has 0 aliphatic carbocycles. The molecule has 0 saturated carbocycles. The summed E-state index contributed by atoms with van der Waals surface area (Å²) in [5.41, 5.74) is 2.63. The second-order valence-corrected chi connectivity index (χ2v) is 11.2. The first-order valence-electron chi connectivity index (χ1n) is 14.4. The third-order valence-corrected chi connectivity index (χ3v) is 7.99. The maximum atomic E-state index is 12.9. The highest BCUT2D eigenvalue weighted by molar-refractivity contribution is 8.93. The molecule has 38 heavy (non-hydrogen) atoms. The van der Waals surface area contributed by atoms with E-state index in [4.69, 9.17) is 0 Å². The van der Waals surface area contributed by atoms with E-state index in [1.807, 2.05) is 23.9 Å². The normalized spacial score (nSPS) is 20.2. The smallest absolute Gasteiger partial charge is 0.226 e. The zero-order valence-corrected chi connectivity index (χ0v) is 27.6. The van der Waals surface area contributed by atoms with Crippen molar-refractivity contribution in [2.75, 3.05) is 53.4 Å². The molecule has 2 unspecified atom stereocenters. The van der Waals surface area contributed by atoms with Gasteiger partial charge in [0.1, 0.15) is 0 Å². The number of halogens is 2. The highest BCUT2D eigenvalue weighted by atomic mass is 79.9. The number of rotatable bonds is 12. The van der Waals surface area contributed by atoms with Gasteiger partial charge in [-0.1, -0.05) is 51.0 Å². The Bertz CT molecular complexity index is 756. The molecule has 1 aromatic rings. The molecule has 218 valence electrons. The first kappa shape index (κ1) is 35.1. The number of hydrogen-bond acceptors (Lipinski definition) is 4. The van der Waals surface area contributed by atoms with Crippen LogP contribution in [0.1, 0.15) is 76.3 Å². The monoisotopic (exact) mass is 658 g/mol. The molecule has 2 heterocycles. The summed E-state index contributed by atoms with van der Waals surface area (Å²) in [6.45, 7) is 11.8. The standard InChI is InChI=1S/C30H50N4O2.2BrH/c1-5-7-17-31(3)29(35)27-11-9-19-33(23-27)21-25-13-15-26(16-14-25)22-34-20-10-12-28(24-34)30(36)32(4)18-8-6-2;;/h13-16,27-28H,5-12,17-24H2,1-4H3;2*1H. The summed E-state index contributed by atoms with van der Waals surface area (Å²) in [4.78, 5) is 34.5. The predicted octanol–water partition coefficient (Wildman–Crippen LogP) is 5.78. The molecule has 0 N–H and O–H groups in total. The van der Waals surface area contributed by atoms with Crippen molar-refractivity contribution in [3.05, 3.63) is 35.4 Å². The quantitative estimate of drug-likeness (QED) is 0.285. The number of piperidine rings is 2. The van der Waals surface area contributed by atoms with Crippen molar-refractivity contribution >= 4 is 45.8 Å². The Morgan fingerprint density at radius 2 is 1.11 bits per heavy atom. The first-order chi connectivity index (χ1) is 17.4. The molecule has 2 atom stereocenters. The van der Waals surface area contributed by atoms with Crippen molar-refractivity contribution in [3.8, 4) is 0 Å². The summed E-state index contributed by atoms with van der Waals surface area (Å²) in [6.07, 6.45) is 8.62. The van der Waals surface area contributed by atoms with Crippen LogP contribution in [-0.4, -0.2) is 84.8 Å². The SMILES string of the molecule is Br.Br.CCCCN(C)C(=O)C1CCCN(Cc2ccc(CN3CCCC(C(=O)N(C)CCCC)C3)cc2)C1. The van der Waals surface area contributed by atoms with Crippen LogP contribution in [0.5, 0.6) is 0 Å². The third kappa shape index (κ3) is 10.9. The summed E-state index contributed by atoms with van der Waals surface area (Å²) in [6, 6.07) is 9.00. The van der Waals surface area contributed by atoms with Crippen LogP contribution in [0.25, 0.3) is 0 Å². The Kier molecular flexibility index (Phi) is 17.0. The number of unbranched alkanes of at least 4 members (excludes halogenated alkanes) is 2. The number of hydrogen-bond donors (Lipinski definition) is 0. The Labute approximate surface area is 253 Å². The van der Waals surface area contributed by atoms with Crippen LogP contribution in [0, 0.1) is 11.8 Å². The topological polar surface area (TPSA) is 47.1 Å². The van der Waals surface area contributed by atoms with Gasteiger partial charge in [-0.05, 0) is 62.7 Å². The van der Waals surface area contributed by atoms with Gasteiger partial charge in [0.15, 0.2) is 0 Å². The van der Waals surface area contributed by atoms with E-state index < -0.39 is 0 Å².